The lowest BCUT2D eigenvalue weighted by Crippen LogP contribution is -2.35. The summed E-state index contributed by atoms with van der Waals surface area (Å²) in [6.07, 6.45) is 3.07. The third-order valence-corrected chi connectivity index (χ3v) is 6.55. The van der Waals surface area contributed by atoms with E-state index in [-0.39, 0.29) is 24.7 Å². The number of nitrogens with zero attached hydrogens (tertiary/aromatic N) is 4. The van der Waals surface area contributed by atoms with Crippen LogP contribution in [0.2, 0.25) is 0 Å². The van der Waals surface area contributed by atoms with Crippen molar-refractivity contribution in [2.75, 3.05) is 36.4 Å². The number of carbonyl (C=O) groups excluding carboxylic acids is 2. The first kappa shape index (κ1) is 21.2. The maximum Gasteiger partial charge on any atom is 0.224 e. The van der Waals surface area contributed by atoms with E-state index >= 15 is 0 Å². The second-order valence-corrected chi connectivity index (χ2v) is 8.87. The molecule has 0 radical (unpaired) electrons. The number of aromatic nitrogens is 2. The molecule has 1 saturated heterocycles. The molecule has 7 nitrogen and oxygen atoms in total. The van der Waals surface area contributed by atoms with Crippen LogP contribution in [0.3, 0.4) is 0 Å². The second-order valence-electron chi connectivity index (χ2n) is 7.91. The number of benzene rings is 1. The molecule has 1 N–H and O–H groups in total. The lowest BCUT2D eigenvalue weighted by atomic mass is 10.1. The molecule has 162 valence electrons. The fourth-order valence-corrected chi connectivity index (χ4v) is 4.67. The number of fused-ring (bicyclic) bond motifs is 1. The standard InChI is InChI=1S/C23H27N5O2S/c1-16-6-7-17(2)19(15-16)25-20(29)8-9-21(30)27-11-4-12-28(14-13-27)23-26-18-5-3-10-24-22(18)31-23/h3,5-7,10,15H,4,8-9,11-14H2,1-2H3,(H,25,29). The molecule has 4 rings (SSSR count). The Morgan fingerprint density at radius 1 is 1.10 bits per heavy atom. The van der Waals surface area contributed by atoms with Crippen LogP contribution in [0.15, 0.2) is 36.5 Å². The molecule has 1 aromatic carbocycles. The van der Waals surface area contributed by atoms with Gasteiger partial charge in [0.1, 0.15) is 10.3 Å². The van der Waals surface area contributed by atoms with E-state index in [0.29, 0.717) is 13.1 Å². The smallest absolute Gasteiger partial charge is 0.224 e. The van der Waals surface area contributed by atoms with Gasteiger partial charge >= 0.3 is 0 Å². The number of pyridine rings is 1. The molecule has 0 spiro atoms. The first-order valence-electron chi connectivity index (χ1n) is 10.6. The number of anilines is 2. The van der Waals surface area contributed by atoms with E-state index in [0.717, 1.165) is 51.8 Å². The van der Waals surface area contributed by atoms with Gasteiger partial charge < -0.3 is 15.1 Å². The first-order valence-corrected chi connectivity index (χ1v) is 11.4. The van der Waals surface area contributed by atoms with Crippen molar-refractivity contribution in [3.05, 3.63) is 47.7 Å². The van der Waals surface area contributed by atoms with Crippen molar-refractivity contribution in [3.63, 3.8) is 0 Å². The van der Waals surface area contributed by atoms with Gasteiger partial charge in [0, 0.05) is 50.9 Å². The van der Waals surface area contributed by atoms with E-state index < -0.39 is 0 Å². The molecule has 31 heavy (non-hydrogen) atoms. The summed E-state index contributed by atoms with van der Waals surface area (Å²) in [5.74, 6) is -0.0931. The van der Waals surface area contributed by atoms with Crippen LogP contribution >= 0.6 is 11.3 Å². The predicted molar refractivity (Wildman–Crippen MR) is 125 cm³/mol. The number of thiazole rings is 1. The molecule has 1 fully saturated rings. The molecule has 0 saturated carbocycles. The van der Waals surface area contributed by atoms with E-state index in [1.165, 1.54) is 0 Å². The van der Waals surface area contributed by atoms with Crippen molar-refractivity contribution in [1.29, 1.82) is 0 Å². The van der Waals surface area contributed by atoms with Crippen LogP contribution in [-0.2, 0) is 9.59 Å². The molecule has 0 unspecified atom stereocenters. The SMILES string of the molecule is Cc1ccc(C)c(NC(=O)CCC(=O)N2CCCN(c3nc4cccnc4s3)CC2)c1. The summed E-state index contributed by atoms with van der Waals surface area (Å²) in [6, 6.07) is 9.82. The molecular weight excluding hydrogens is 410 g/mol. The Hall–Kier alpha value is -3.00. The Kier molecular flexibility index (Phi) is 6.46. The molecule has 0 atom stereocenters. The Labute approximate surface area is 186 Å². The minimum absolute atomic E-state index is 0.0314. The van der Waals surface area contributed by atoms with Crippen LogP contribution < -0.4 is 10.2 Å². The molecule has 1 aliphatic rings. The number of hydrogen-bond donors (Lipinski definition) is 1. The molecule has 0 bridgehead atoms. The number of hydrogen-bond acceptors (Lipinski definition) is 6. The third kappa shape index (κ3) is 5.19. The Morgan fingerprint density at radius 2 is 1.97 bits per heavy atom. The molecule has 2 amide bonds. The highest BCUT2D eigenvalue weighted by atomic mass is 32.1. The van der Waals surface area contributed by atoms with E-state index in [1.54, 1.807) is 17.5 Å². The maximum absolute atomic E-state index is 12.7. The van der Waals surface area contributed by atoms with Crippen LogP contribution in [0.4, 0.5) is 10.8 Å². The van der Waals surface area contributed by atoms with Gasteiger partial charge in [-0.15, -0.1) is 0 Å². The molecule has 1 aliphatic heterocycles. The van der Waals surface area contributed by atoms with Gasteiger partial charge in [0.25, 0.3) is 0 Å². The quantitative estimate of drug-likeness (QED) is 0.657. The fourth-order valence-electron chi connectivity index (χ4n) is 3.71. The van der Waals surface area contributed by atoms with Gasteiger partial charge in [-0.2, -0.15) is 0 Å². The van der Waals surface area contributed by atoms with Crippen LogP contribution in [0.25, 0.3) is 10.3 Å². The van der Waals surface area contributed by atoms with Crippen LogP contribution in [0.1, 0.15) is 30.4 Å². The summed E-state index contributed by atoms with van der Waals surface area (Å²) < 4.78 is 0. The van der Waals surface area contributed by atoms with Gasteiger partial charge in [0.2, 0.25) is 11.8 Å². The predicted octanol–water partition coefficient (Wildman–Crippen LogP) is 3.77. The highest BCUT2D eigenvalue weighted by Crippen LogP contribution is 2.27. The summed E-state index contributed by atoms with van der Waals surface area (Å²) in [7, 11) is 0. The minimum atomic E-state index is -0.125. The van der Waals surface area contributed by atoms with Crippen molar-refractivity contribution in [2.45, 2.75) is 33.1 Å². The molecule has 2 aromatic heterocycles. The zero-order valence-electron chi connectivity index (χ0n) is 17.9. The number of aryl methyl sites for hydroxylation is 2. The first-order chi connectivity index (χ1) is 15.0. The molecule has 0 aliphatic carbocycles. The van der Waals surface area contributed by atoms with Gasteiger partial charge in [-0.3, -0.25) is 9.59 Å². The summed E-state index contributed by atoms with van der Waals surface area (Å²) in [4.78, 5) is 39.2. The second kappa shape index (κ2) is 9.43. The van der Waals surface area contributed by atoms with Crippen LogP contribution in [-0.4, -0.2) is 52.9 Å². The Balaban J connectivity index is 1.29. The van der Waals surface area contributed by atoms with Crippen molar-refractivity contribution in [3.8, 4) is 0 Å². The average Bonchev–Trinajstić information content (AvgIpc) is 3.04. The zero-order chi connectivity index (χ0) is 21.8. The summed E-state index contributed by atoms with van der Waals surface area (Å²) in [5, 5.41) is 3.89. The third-order valence-electron chi connectivity index (χ3n) is 5.51. The summed E-state index contributed by atoms with van der Waals surface area (Å²) in [5.41, 5.74) is 3.83. The number of carbonyl (C=O) groups is 2. The summed E-state index contributed by atoms with van der Waals surface area (Å²) >= 11 is 1.59. The Morgan fingerprint density at radius 3 is 2.81 bits per heavy atom. The zero-order valence-corrected chi connectivity index (χ0v) is 18.7. The lowest BCUT2D eigenvalue weighted by Gasteiger charge is -2.21. The normalized spacial score (nSPS) is 14.5. The monoisotopic (exact) mass is 437 g/mol. The van der Waals surface area contributed by atoms with Crippen molar-refractivity contribution < 1.29 is 9.59 Å². The van der Waals surface area contributed by atoms with Gasteiger partial charge in [-0.1, -0.05) is 23.5 Å². The van der Waals surface area contributed by atoms with E-state index in [1.807, 2.05) is 49.1 Å². The van der Waals surface area contributed by atoms with Crippen molar-refractivity contribution in [1.82, 2.24) is 14.9 Å². The van der Waals surface area contributed by atoms with Gasteiger partial charge in [-0.05, 0) is 49.6 Å². The fraction of sp³-hybridized carbons (Fsp3) is 0.391. The van der Waals surface area contributed by atoms with Gasteiger partial charge in [-0.25, -0.2) is 9.97 Å². The van der Waals surface area contributed by atoms with E-state index in [2.05, 4.69) is 20.2 Å². The van der Waals surface area contributed by atoms with Gasteiger partial charge in [0.15, 0.2) is 5.13 Å². The lowest BCUT2D eigenvalue weighted by molar-refractivity contribution is -0.132. The number of nitrogens with one attached hydrogen (secondary N) is 1. The maximum atomic E-state index is 12.7. The van der Waals surface area contributed by atoms with Crippen LogP contribution in [0.5, 0.6) is 0 Å². The molecule has 8 heteroatoms. The minimum Gasteiger partial charge on any atom is -0.346 e. The highest BCUT2D eigenvalue weighted by Gasteiger charge is 2.22. The molecule has 3 aromatic rings. The molecular formula is C23H27N5O2S. The van der Waals surface area contributed by atoms with Crippen molar-refractivity contribution in [2.24, 2.45) is 0 Å². The summed E-state index contributed by atoms with van der Waals surface area (Å²) in [6.45, 7) is 6.89. The van der Waals surface area contributed by atoms with Gasteiger partial charge in [0.05, 0.1) is 0 Å². The van der Waals surface area contributed by atoms with Crippen molar-refractivity contribution >= 4 is 44.3 Å². The molecule has 3 heterocycles. The number of rotatable bonds is 5. The van der Waals surface area contributed by atoms with E-state index in [9.17, 15) is 9.59 Å². The average molecular weight is 438 g/mol. The Bertz CT molecular complexity index is 1060. The number of amides is 2. The highest BCUT2D eigenvalue weighted by molar-refractivity contribution is 7.21. The van der Waals surface area contributed by atoms with E-state index in [4.69, 9.17) is 0 Å². The largest absolute Gasteiger partial charge is 0.346 e. The van der Waals surface area contributed by atoms with Crippen LogP contribution in [0, 0.1) is 13.8 Å². The topological polar surface area (TPSA) is 78.4 Å².